The minimum Gasteiger partial charge on any atom is -0.310 e. The van der Waals surface area contributed by atoms with Crippen molar-refractivity contribution < 1.29 is 0 Å². The molecule has 1 rings (SSSR count). The molecule has 1 nitrogen and oxygen atoms in total. The highest BCUT2D eigenvalue weighted by atomic mass is 15.0. The van der Waals surface area contributed by atoms with Gasteiger partial charge >= 0.3 is 0 Å². The van der Waals surface area contributed by atoms with Crippen LogP contribution in [0, 0.1) is 6.92 Å². The van der Waals surface area contributed by atoms with Gasteiger partial charge < -0.3 is 4.57 Å². The fraction of sp³-hybridized carbons (Fsp3) is 0.167. The lowest BCUT2D eigenvalue weighted by atomic mass is 10.1. The van der Waals surface area contributed by atoms with E-state index in [0.29, 0.717) is 0 Å². The molecule has 0 N–H and O–H groups in total. The van der Waals surface area contributed by atoms with Gasteiger partial charge in [-0.25, -0.2) is 0 Å². The van der Waals surface area contributed by atoms with Crippen LogP contribution in [-0.2, 0) is 0 Å². The summed E-state index contributed by atoms with van der Waals surface area (Å²) >= 11 is 0. The maximum atomic E-state index is 3.87. The van der Waals surface area contributed by atoms with E-state index in [9.17, 15) is 0 Å². The molecule has 1 aromatic heterocycles. The van der Waals surface area contributed by atoms with Crippen molar-refractivity contribution in [3.05, 3.63) is 96.4 Å². The van der Waals surface area contributed by atoms with Crippen molar-refractivity contribution in [3.8, 4) is 0 Å². The van der Waals surface area contributed by atoms with Crippen molar-refractivity contribution in [1.82, 2.24) is 4.57 Å². The predicted molar refractivity (Wildman–Crippen MR) is 116 cm³/mol. The maximum absolute atomic E-state index is 3.87. The number of nitrogens with zero attached hydrogens (tertiary/aromatic N) is 1. The molecule has 0 saturated carbocycles. The zero-order chi connectivity index (χ0) is 18.7. The Hall–Kier alpha value is -2.80. The van der Waals surface area contributed by atoms with Gasteiger partial charge in [0.1, 0.15) is 0 Å². The first-order valence-electron chi connectivity index (χ1n) is 8.58. The van der Waals surface area contributed by atoms with Crippen LogP contribution in [0.1, 0.15) is 43.3 Å². The smallest absolute Gasteiger partial charge is 0.0534 e. The quantitative estimate of drug-likeness (QED) is 0.443. The molecule has 0 aliphatic rings. The van der Waals surface area contributed by atoms with E-state index >= 15 is 0 Å². The average Bonchev–Trinajstić information content (AvgIpc) is 2.85. The second-order valence-electron chi connectivity index (χ2n) is 5.45. The van der Waals surface area contributed by atoms with Gasteiger partial charge in [0.15, 0.2) is 0 Å². The summed E-state index contributed by atoms with van der Waals surface area (Å²) < 4.78 is 2.26. The molecule has 0 aliphatic heterocycles. The van der Waals surface area contributed by atoms with Crippen LogP contribution in [0.2, 0.25) is 0 Å². The van der Waals surface area contributed by atoms with Crippen molar-refractivity contribution in [2.75, 3.05) is 0 Å². The van der Waals surface area contributed by atoms with Crippen LogP contribution in [-0.4, -0.2) is 4.57 Å². The highest BCUT2D eigenvalue weighted by molar-refractivity contribution is 5.78. The summed E-state index contributed by atoms with van der Waals surface area (Å²) in [6.07, 6.45) is 26.3. The van der Waals surface area contributed by atoms with E-state index in [4.69, 9.17) is 0 Å². The summed E-state index contributed by atoms with van der Waals surface area (Å²) in [5.41, 5.74) is 5.82. The van der Waals surface area contributed by atoms with Crippen molar-refractivity contribution >= 4 is 23.9 Å². The fourth-order valence-corrected chi connectivity index (χ4v) is 2.67. The molecule has 1 heteroatoms. The normalized spacial score (nSPS) is 13.4. The lowest BCUT2D eigenvalue weighted by Crippen LogP contribution is -2.00. The van der Waals surface area contributed by atoms with Gasteiger partial charge in [-0.15, -0.1) is 0 Å². The molecule has 0 saturated heterocycles. The van der Waals surface area contributed by atoms with Crippen LogP contribution in [0.5, 0.6) is 0 Å². The number of hydrogen-bond donors (Lipinski definition) is 0. The summed E-state index contributed by atoms with van der Waals surface area (Å²) in [6, 6.07) is 0. The first-order valence-corrected chi connectivity index (χ1v) is 8.58. The third-order valence-electron chi connectivity index (χ3n) is 3.71. The fourth-order valence-electron chi connectivity index (χ4n) is 2.67. The molecule has 1 aromatic rings. The number of rotatable bonds is 8. The van der Waals surface area contributed by atoms with Gasteiger partial charge in [0.25, 0.3) is 0 Å². The Labute approximate surface area is 153 Å². The Morgan fingerprint density at radius 2 is 1.52 bits per heavy atom. The Morgan fingerprint density at radius 1 is 0.800 bits per heavy atom. The third-order valence-corrected chi connectivity index (χ3v) is 3.71. The molecule has 0 fully saturated rings. The van der Waals surface area contributed by atoms with Crippen LogP contribution in [0.15, 0.2) is 73.9 Å². The molecule has 25 heavy (non-hydrogen) atoms. The second kappa shape index (κ2) is 10.9. The monoisotopic (exact) mass is 331 g/mol. The van der Waals surface area contributed by atoms with Crippen molar-refractivity contribution in [2.45, 2.75) is 27.7 Å². The summed E-state index contributed by atoms with van der Waals surface area (Å²) in [5, 5.41) is 0. The van der Waals surface area contributed by atoms with E-state index < -0.39 is 0 Å². The molecule has 0 aromatic carbocycles. The average molecular weight is 332 g/mol. The molecule has 0 atom stereocenters. The van der Waals surface area contributed by atoms with Gasteiger partial charge in [0.05, 0.1) is 5.69 Å². The van der Waals surface area contributed by atoms with Gasteiger partial charge in [0, 0.05) is 17.0 Å². The van der Waals surface area contributed by atoms with Crippen LogP contribution in [0.3, 0.4) is 0 Å². The molecule has 0 radical (unpaired) electrons. The summed E-state index contributed by atoms with van der Waals surface area (Å²) in [7, 11) is 0. The molecule has 130 valence electrons. The molecule has 0 spiro atoms. The molecule has 1 heterocycles. The summed E-state index contributed by atoms with van der Waals surface area (Å²) in [4.78, 5) is 0. The SMILES string of the molecule is C=C/C=C\C(=C/C=C)n1c(/C=C\C=C/C)c(C)c(/C=C\C)c1/C=C\C. The first kappa shape index (κ1) is 20.2. The van der Waals surface area contributed by atoms with Gasteiger partial charge in [0.2, 0.25) is 0 Å². The summed E-state index contributed by atoms with van der Waals surface area (Å²) in [5.74, 6) is 0. The van der Waals surface area contributed by atoms with Crippen molar-refractivity contribution in [3.63, 3.8) is 0 Å². The first-order chi connectivity index (χ1) is 12.2. The number of aromatic nitrogens is 1. The van der Waals surface area contributed by atoms with Crippen LogP contribution in [0.25, 0.3) is 23.9 Å². The van der Waals surface area contributed by atoms with E-state index in [2.05, 4.69) is 61.1 Å². The Morgan fingerprint density at radius 3 is 2.08 bits per heavy atom. The zero-order valence-corrected chi connectivity index (χ0v) is 15.9. The van der Waals surface area contributed by atoms with E-state index in [-0.39, 0.29) is 0 Å². The van der Waals surface area contributed by atoms with Crippen molar-refractivity contribution in [1.29, 1.82) is 0 Å². The lowest BCUT2D eigenvalue weighted by molar-refractivity contribution is 1.08. The van der Waals surface area contributed by atoms with Crippen LogP contribution >= 0.6 is 0 Å². The summed E-state index contributed by atoms with van der Waals surface area (Å²) in [6.45, 7) is 15.9. The lowest BCUT2D eigenvalue weighted by Gasteiger charge is -2.11. The van der Waals surface area contributed by atoms with E-state index in [1.165, 1.54) is 11.1 Å². The van der Waals surface area contributed by atoms with Gasteiger partial charge in [-0.05, 0) is 57.6 Å². The Bertz CT molecular complexity index is 772. The Balaban J connectivity index is 3.88. The second-order valence-corrected chi connectivity index (χ2v) is 5.45. The molecule has 0 unspecified atom stereocenters. The largest absolute Gasteiger partial charge is 0.310 e. The molecule has 0 amide bonds. The van der Waals surface area contributed by atoms with Gasteiger partial charge in [-0.3, -0.25) is 0 Å². The van der Waals surface area contributed by atoms with Crippen LogP contribution in [0.4, 0.5) is 0 Å². The molecular formula is C24H29N. The van der Waals surface area contributed by atoms with Gasteiger partial charge in [-0.2, -0.15) is 0 Å². The zero-order valence-electron chi connectivity index (χ0n) is 15.9. The van der Waals surface area contributed by atoms with Crippen molar-refractivity contribution in [2.24, 2.45) is 0 Å². The van der Waals surface area contributed by atoms with Gasteiger partial charge in [-0.1, -0.05) is 67.8 Å². The number of hydrogen-bond acceptors (Lipinski definition) is 0. The minimum absolute atomic E-state index is 1.04. The van der Waals surface area contributed by atoms with E-state index in [1.54, 1.807) is 6.08 Å². The highest BCUT2D eigenvalue weighted by Gasteiger charge is 2.16. The molecule has 0 bridgehead atoms. The van der Waals surface area contributed by atoms with E-state index in [0.717, 1.165) is 17.1 Å². The number of allylic oxidation sites excluding steroid dienone is 11. The van der Waals surface area contributed by atoms with E-state index in [1.807, 2.05) is 57.2 Å². The minimum atomic E-state index is 1.04. The molecular weight excluding hydrogens is 302 g/mol. The predicted octanol–water partition coefficient (Wildman–Crippen LogP) is 7.22. The van der Waals surface area contributed by atoms with Crippen LogP contribution < -0.4 is 0 Å². The topological polar surface area (TPSA) is 4.93 Å². The maximum Gasteiger partial charge on any atom is 0.0534 e. The Kier molecular flexibility index (Phi) is 8.81. The molecule has 0 aliphatic carbocycles. The standard InChI is InChI=1S/C24H29N/c1-7-12-14-19-23-20(6)22(16-10-4)24(17-11-5)25(23)21(15-9-3)18-13-8-2/h7-19H,2-3H2,1,4-6H3/b12-7-,16-10-,17-11-,18-13-,19-14-,21-15+. The third kappa shape index (κ3) is 5.09. The highest BCUT2D eigenvalue weighted by Crippen LogP contribution is 2.30.